The zero-order valence-electron chi connectivity index (χ0n) is 13.0. The Morgan fingerprint density at radius 1 is 0.913 bits per heavy atom. The van der Waals surface area contributed by atoms with Crippen LogP contribution in [0.2, 0.25) is 0 Å². The van der Waals surface area contributed by atoms with Crippen molar-refractivity contribution < 1.29 is 18.0 Å². The molecule has 23 heavy (non-hydrogen) atoms. The number of halogens is 3. The molecule has 0 fully saturated rings. The van der Waals surface area contributed by atoms with Crippen molar-refractivity contribution in [1.82, 2.24) is 0 Å². The van der Waals surface area contributed by atoms with E-state index in [9.17, 15) is 18.0 Å². The number of hydrogen-bond acceptors (Lipinski definition) is 1. The van der Waals surface area contributed by atoms with Gasteiger partial charge in [0.1, 0.15) is 0 Å². The molecule has 0 aliphatic carbocycles. The van der Waals surface area contributed by atoms with Crippen LogP contribution in [0, 0.1) is 20.8 Å². The van der Waals surface area contributed by atoms with Gasteiger partial charge in [-0.3, -0.25) is 0 Å². The highest BCUT2D eigenvalue weighted by atomic mass is 19.4. The van der Waals surface area contributed by atoms with Crippen molar-refractivity contribution in [2.45, 2.75) is 26.9 Å². The first-order valence-corrected chi connectivity index (χ1v) is 7.00. The predicted octanol–water partition coefficient (Wildman–Crippen LogP) is 5.27. The number of nitrogens with one attached hydrogen (secondary N) is 2. The summed E-state index contributed by atoms with van der Waals surface area (Å²) in [6, 6.07) is 8.87. The number of urea groups is 1. The second-order valence-electron chi connectivity index (χ2n) is 5.42. The number of carbonyl (C=O) groups excluding carboxylic acids is 1. The maximum atomic E-state index is 13.0. The fraction of sp³-hybridized carbons (Fsp3) is 0.235. The molecule has 0 spiro atoms. The van der Waals surface area contributed by atoms with Crippen LogP contribution >= 0.6 is 0 Å². The van der Waals surface area contributed by atoms with E-state index in [0.717, 1.165) is 11.6 Å². The highest BCUT2D eigenvalue weighted by molar-refractivity contribution is 6.00. The third-order valence-electron chi connectivity index (χ3n) is 3.43. The molecule has 0 bridgehead atoms. The summed E-state index contributed by atoms with van der Waals surface area (Å²) >= 11 is 0. The fourth-order valence-corrected chi connectivity index (χ4v) is 2.21. The van der Waals surface area contributed by atoms with Gasteiger partial charge in [0, 0.05) is 11.4 Å². The summed E-state index contributed by atoms with van der Waals surface area (Å²) in [7, 11) is 0. The van der Waals surface area contributed by atoms with Gasteiger partial charge in [0.25, 0.3) is 0 Å². The van der Waals surface area contributed by atoms with Gasteiger partial charge in [-0.15, -0.1) is 0 Å². The largest absolute Gasteiger partial charge is 0.416 e. The first-order valence-electron chi connectivity index (χ1n) is 7.00. The lowest BCUT2D eigenvalue weighted by Gasteiger charge is -2.15. The third kappa shape index (κ3) is 4.25. The van der Waals surface area contributed by atoms with Gasteiger partial charge < -0.3 is 10.6 Å². The van der Waals surface area contributed by atoms with Crippen molar-refractivity contribution in [2.24, 2.45) is 0 Å². The van der Waals surface area contributed by atoms with Crippen LogP contribution in [0.5, 0.6) is 0 Å². The van der Waals surface area contributed by atoms with Crippen LogP contribution < -0.4 is 10.6 Å². The molecule has 0 atom stereocenters. The number of rotatable bonds is 2. The van der Waals surface area contributed by atoms with Crippen LogP contribution in [0.25, 0.3) is 0 Å². The number of anilines is 2. The summed E-state index contributed by atoms with van der Waals surface area (Å²) in [5.74, 6) is 0. The summed E-state index contributed by atoms with van der Waals surface area (Å²) in [6.07, 6.45) is -4.46. The SMILES string of the molecule is Cc1ccc(NC(=O)Nc2cc(C(F)(F)F)c(C)cc2C)cc1. The molecule has 2 amide bonds. The van der Waals surface area contributed by atoms with Crippen molar-refractivity contribution in [1.29, 1.82) is 0 Å². The Hall–Kier alpha value is -2.50. The van der Waals surface area contributed by atoms with Crippen molar-refractivity contribution in [3.05, 3.63) is 58.7 Å². The van der Waals surface area contributed by atoms with Crippen LogP contribution in [0.1, 0.15) is 22.3 Å². The van der Waals surface area contributed by atoms with Crippen LogP contribution in [-0.2, 0) is 6.18 Å². The van der Waals surface area contributed by atoms with Gasteiger partial charge in [0.05, 0.1) is 5.56 Å². The summed E-state index contributed by atoms with van der Waals surface area (Å²) < 4.78 is 38.9. The van der Waals surface area contributed by atoms with Gasteiger partial charge >= 0.3 is 12.2 Å². The molecule has 6 heteroatoms. The van der Waals surface area contributed by atoms with E-state index < -0.39 is 17.8 Å². The minimum atomic E-state index is -4.46. The molecule has 0 radical (unpaired) electrons. The van der Waals surface area contributed by atoms with E-state index >= 15 is 0 Å². The van der Waals surface area contributed by atoms with Crippen LogP contribution in [0.3, 0.4) is 0 Å². The summed E-state index contributed by atoms with van der Waals surface area (Å²) in [4.78, 5) is 12.0. The molecule has 0 aliphatic heterocycles. The Bertz CT molecular complexity index is 722. The van der Waals surface area contributed by atoms with Crippen molar-refractivity contribution in [3.8, 4) is 0 Å². The number of carbonyl (C=O) groups is 1. The molecule has 0 aromatic heterocycles. The van der Waals surface area contributed by atoms with Gasteiger partial charge in [0.15, 0.2) is 0 Å². The first-order chi connectivity index (χ1) is 10.7. The number of aryl methyl sites for hydroxylation is 3. The van der Waals surface area contributed by atoms with Gasteiger partial charge in [-0.1, -0.05) is 23.8 Å². The lowest BCUT2D eigenvalue weighted by Crippen LogP contribution is -2.20. The maximum Gasteiger partial charge on any atom is 0.416 e. The molecule has 3 nitrogen and oxygen atoms in total. The van der Waals surface area contributed by atoms with Crippen molar-refractivity contribution in [3.63, 3.8) is 0 Å². The molecule has 2 aromatic rings. The zero-order chi connectivity index (χ0) is 17.2. The molecule has 2 N–H and O–H groups in total. The lowest BCUT2D eigenvalue weighted by atomic mass is 10.0. The average Bonchev–Trinajstić information content (AvgIpc) is 2.43. The van der Waals surface area contributed by atoms with E-state index in [1.54, 1.807) is 19.1 Å². The lowest BCUT2D eigenvalue weighted by molar-refractivity contribution is -0.138. The minimum absolute atomic E-state index is 0.125. The molecule has 0 aliphatic rings. The van der Waals surface area contributed by atoms with Gasteiger partial charge in [-0.25, -0.2) is 4.79 Å². The molecular weight excluding hydrogens is 305 g/mol. The second-order valence-corrected chi connectivity index (χ2v) is 5.42. The van der Waals surface area contributed by atoms with Gasteiger partial charge in [-0.05, 0) is 50.1 Å². The number of amides is 2. The Morgan fingerprint density at radius 3 is 2.09 bits per heavy atom. The predicted molar refractivity (Wildman–Crippen MR) is 84.7 cm³/mol. The Morgan fingerprint density at radius 2 is 1.52 bits per heavy atom. The number of benzene rings is 2. The minimum Gasteiger partial charge on any atom is -0.308 e. The Balaban J connectivity index is 2.19. The average molecular weight is 322 g/mol. The normalized spacial score (nSPS) is 11.2. The van der Waals surface area contributed by atoms with Crippen LogP contribution in [0.4, 0.5) is 29.3 Å². The van der Waals surface area contributed by atoms with Crippen molar-refractivity contribution in [2.75, 3.05) is 10.6 Å². The fourth-order valence-electron chi connectivity index (χ4n) is 2.21. The van der Waals surface area contributed by atoms with Crippen LogP contribution in [0.15, 0.2) is 36.4 Å². The monoisotopic (exact) mass is 322 g/mol. The zero-order valence-corrected chi connectivity index (χ0v) is 13.0. The smallest absolute Gasteiger partial charge is 0.308 e. The quantitative estimate of drug-likeness (QED) is 0.776. The molecule has 122 valence electrons. The molecule has 0 saturated heterocycles. The number of hydrogen-bond donors (Lipinski definition) is 2. The molecule has 0 heterocycles. The van der Waals surface area contributed by atoms with E-state index in [2.05, 4.69) is 10.6 Å². The first kappa shape index (κ1) is 16.9. The molecule has 0 unspecified atom stereocenters. The van der Waals surface area contributed by atoms with E-state index in [4.69, 9.17) is 0 Å². The molecule has 0 saturated carbocycles. The topological polar surface area (TPSA) is 41.1 Å². The Kier molecular flexibility index (Phi) is 4.63. The summed E-state index contributed by atoms with van der Waals surface area (Å²) in [6.45, 7) is 4.96. The van der Waals surface area contributed by atoms with Crippen molar-refractivity contribution >= 4 is 17.4 Å². The summed E-state index contributed by atoms with van der Waals surface area (Å²) in [5, 5.41) is 5.05. The van der Waals surface area contributed by atoms with E-state index in [1.165, 1.54) is 13.0 Å². The molecule has 2 aromatic carbocycles. The summed E-state index contributed by atoms with van der Waals surface area (Å²) in [5.41, 5.74) is 1.67. The standard InChI is InChI=1S/C17H17F3N2O/c1-10-4-6-13(7-5-10)21-16(23)22-15-9-14(17(18,19)20)11(2)8-12(15)3/h4-9H,1-3H3,(H2,21,22,23). The van der Waals surface area contributed by atoms with E-state index in [1.807, 2.05) is 19.1 Å². The maximum absolute atomic E-state index is 13.0. The highest BCUT2D eigenvalue weighted by Crippen LogP contribution is 2.34. The molecule has 2 rings (SSSR count). The third-order valence-corrected chi connectivity index (χ3v) is 3.43. The van der Waals surface area contributed by atoms with E-state index in [0.29, 0.717) is 11.3 Å². The number of alkyl halides is 3. The van der Waals surface area contributed by atoms with Gasteiger partial charge in [-0.2, -0.15) is 13.2 Å². The van der Waals surface area contributed by atoms with Crippen LogP contribution in [-0.4, -0.2) is 6.03 Å². The van der Waals surface area contributed by atoms with Gasteiger partial charge in [0.2, 0.25) is 0 Å². The Labute approximate surface area is 132 Å². The van der Waals surface area contributed by atoms with E-state index in [-0.39, 0.29) is 11.3 Å². The molecular formula is C17H17F3N2O. The highest BCUT2D eigenvalue weighted by Gasteiger charge is 2.33. The second kappa shape index (κ2) is 6.32.